The molecule has 24 heavy (non-hydrogen) atoms. The standard InChI is InChI=1S/C20H25NO.CH3F/c1-16-8-10-20(11-9-16)22-13-5-12-21-15-19-7-4-3-6-18(19)14-17(21)2;1-2/h3-4,6-11,17H,5,12-15H2,1-2H3;1H3. The summed E-state index contributed by atoms with van der Waals surface area (Å²) in [5.74, 6) is 0.975. The highest BCUT2D eigenvalue weighted by Gasteiger charge is 2.21. The summed E-state index contributed by atoms with van der Waals surface area (Å²) in [4.78, 5) is 2.57. The second kappa shape index (κ2) is 9.43. The van der Waals surface area contributed by atoms with Crippen LogP contribution in [0.2, 0.25) is 0 Å². The minimum atomic E-state index is 0.500. The first-order valence-corrected chi connectivity index (χ1v) is 8.60. The number of benzene rings is 2. The summed E-state index contributed by atoms with van der Waals surface area (Å²) in [6.45, 7) is 7.38. The van der Waals surface area contributed by atoms with E-state index >= 15 is 0 Å². The number of rotatable bonds is 5. The van der Waals surface area contributed by atoms with E-state index in [1.807, 2.05) is 0 Å². The third-order valence-electron chi connectivity index (χ3n) is 4.51. The van der Waals surface area contributed by atoms with Crippen molar-refractivity contribution in [2.75, 3.05) is 20.3 Å². The second-order valence-electron chi connectivity index (χ2n) is 6.31. The van der Waals surface area contributed by atoms with Gasteiger partial charge in [0.25, 0.3) is 0 Å². The summed E-state index contributed by atoms with van der Waals surface area (Å²) in [6.07, 6.45) is 2.23. The average molecular weight is 329 g/mol. The van der Waals surface area contributed by atoms with Crippen molar-refractivity contribution in [3.63, 3.8) is 0 Å². The lowest BCUT2D eigenvalue weighted by Crippen LogP contribution is -2.39. The lowest BCUT2D eigenvalue weighted by Gasteiger charge is -2.34. The van der Waals surface area contributed by atoms with Crippen molar-refractivity contribution >= 4 is 0 Å². The summed E-state index contributed by atoms with van der Waals surface area (Å²) in [7, 11) is 0.500. The number of aryl methyl sites for hydroxylation is 1. The molecule has 1 aliphatic rings. The Morgan fingerprint density at radius 1 is 1.04 bits per heavy atom. The fourth-order valence-corrected chi connectivity index (χ4v) is 3.12. The van der Waals surface area contributed by atoms with Gasteiger partial charge in [0.15, 0.2) is 0 Å². The molecule has 3 heteroatoms. The van der Waals surface area contributed by atoms with E-state index in [-0.39, 0.29) is 0 Å². The molecule has 2 nitrogen and oxygen atoms in total. The molecule has 0 saturated heterocycles. The molecule has 2 aromatic rings. The summed E-state index contributed by atoms with van der Waals surface area (Å²) >= 11 is 0. The first-order valence-electron chi connectivity index (χ1n) is 8.60. The van der Waals surface area contributed by atoms with Crippen LogP contribution in [0.4, 0.5) is 4.39 Å². The number of nitrogens with zero attached hydrogens (tertiary/aromatic N) is 1. The molecule has 0 spiro atoms. The fourth-order valence-electron chi connectivity index (χ4n) is 3.12. The van der Waals surface area contributed by atoms with Crippen LogP contribution in [0.15, 0.2) is 48.5 Å². The van der Waals surface area contributed by atoms with Crippen LogP contribution in [0.3, 0.4) is 0 Å². The first kappa shape index (κ1) is 18.5. The third-order valence-corrected chi connectivity index (χ3v) is 4.51. The molecule has 0 saturated carbocycles. The van der Waals surface area contributed by atoms with Crippen molar-refractivity contribution in [1.29, 1.82) is 0 Å². The molecule has 0 aliphatic carbocycles. The van der Waals surface area contributed by atoms with Gasteiger partial charge < -0.3 is 4.74 Å². The van der Waals surface area contributed by atoms with Crippen molar-refractivity contribution in [1.82, 2.24) is 4.90 Å². The van der Waals surface area contributed by atoms with E-state index in [1.54, 1.807) is 0 Å². The van der Waals surface area contributed by atoms with Gasteiger partial charge in [0.1, 0.15) is 5.75 Å². The quantitative estimate of drug-likeness (QED) is 0.731. The van der Waals surface area contributed by atoms with Gasteiger partial charge in [0.05, 0.1) is 13.8 Å². The monoisotopic (exact) mass is 329 g/mol. The number of hydrogen-bond acceptors (Lipinski definition) is 2. The summed E-state index contributed by atoms with van der Waals surface area (Å²) in [6, 6.07) is 17.7. The summed E-state index contributed by atoms with van der Waals surface area (Å²) in [5, 5.41) is 0. The van der Waals surface area contributed by atoms with Gasteiger partial charge in [-0.2, -0.15) is 0 Å². The summed E-state index contributed by atoms with van der Waals surface area (Å²) < 4.78 is 15.3. The molecular weight excluding hydrogens is 301 g/mol. The molecule has 0 fully saturated rings. The number of alkyl halides is 1. The molecule has 1 unspecified atom stereocenters. The molecule has 0 amide bonds. The van der Waals surface area contributed by atoms with Gasteiger partial charge in [0.2, 0.25) is 0 Å². The van der Waals surface area contributed by atoms with Crippen LogP contribution in [-0.2, 0) is 13.0 Å². The highest BCUT2D eigenvalue weighted by Crippen LogP contribution is 2.23. The summed E-state index contributed by atoms with van der Waals surface area (Å²) in [5.41, 5.74) is 4.27. The zero-order valence-corrected chi connectivity index (χ0v) is 15.0. The zero-order valence-electron chi connectivity index (χ0n) is 15.0. The minimum absolute atomic E-state index is 0.500. The van der Waals surface area contributed by atoms with E-state index < -0.39 is 0 Å². The van der Waals surface area contributed by atoms with Gasteiger partial charge in [-0.1, -0.05) is 42.0 Å². The number of fused-ring (bicyclic) bond motifs is 1. The molecular formula is C21H28FNO. The van der Waals surface area contributed by atoms with Crippen molar-refractivity contribution in [3.8, 4) is 5.75 Å². The topological polar surface area (TPSA) is 12.5 Å². The molecule has 0 radical (unpaired) electrons. The van der Waals surface area contributed by atoms with E-state index in [0.29, 0.717) is 13.2 Å². The Labute approximate surface area is 145 Å². The third kappa shape index (κ3) is 5.07. The molecule has 0 aromatic heterocycles. The maximum atomic E-state index is 9.50. The van der Waals surface area contributed by atoms with Crippen LogP contribution < -0.4 is 4.74 Å². The van der Waals surface area contributed by atoms with Crippen LogP contribution in [0.5, 0.6) is 5.75 Å². The van der Waals surface area contributed by atoms with Gasteiger partial charge in [-0.15, -0.1) is 0 Å². The van der Waals surface area contributed by atoms with Gasteiger partial charge in [-0.05, 0) is 49.9 Å². The van der Waals surface area contributed by atoms with Crippen molar-refractivity contribution in [2.24, 2.45) is 0 Å². The van der Waals surface area contributed by atoms with Crippen LogP contribution in [0, 0.1) is 6.92 Å². The van der Waals surface area contributed by atoms with Gasteiger partial charge in [-0.3, -0.25) is 9.29 Å². The van der Waals surface area contributed by atoms with E-state index in [0.717, 1.165) is 38.3 Å². The molecule has 0 bridgehead atoms. The Morgan fingerprint density at radius 2 is 1.71 bits per heavy atom. The van der Waals surface area contributed by atoms with E-state index in [9.17, 15) is 4.39 Å². The van der Waals surface area contributed by atoms with Crippen LogP contribution in [0.25, 0.3) is 0 Å². The average Bonchev–Trinajstić information content (AvgIpc) is 2.62. The molecule has 2 aromatic carbocycles. The first-order chi connectivity index (χ1) is 11.7. The Morgan fingerprint density at radius 3 is 2.42 bits per heavy atom. The SMILES string of the molecule is CF.Cc1ccc(OCCCN2Cc3ccccc3CC2C)cc1. The number of halogens is 1. The number of ether oxygens (including phenoxy) is 1. The largest absolute Gasteiger partial charge is 0.494 e. The molecule has 1 aliphatic heterocycles. The lowest BCUT2D eigenvalue weighted by molar-refractivity contribution is 0.168. The van der Waals surface area contributed by atoms with Gasteiger partial charge in [-0.25, -0.2) is 0 Å². The predicted octanol–water partition coefficient (Wildman–Crippen LogP) is 4.80. The van der Waals surface area contributed by atoms with Gasteiger partial charge in [0, 0.05) is 19.1 Å². The van der Waals surface area contributed by atoms with Crippen molar-refractivity contribution < 1.29 is 9.13 Å². The molecule has 1 heterocycles. The maximum absolute atomic E-state index is 9.50. The van der Waals surface area contributed by atoms with Gasteiger partial charge >= 0.3 is 0 Å². The Bertz CT molecular complexity index is 611. The zero-order chi connectivity index (χ0) is 17.4. The lowest BCUT2D eigenvalue weighted by atomic mass is 9.95. The smallest absolute Gasteiger partial charge is 0.119 e. The molecule has 130 valence electrons. The maximum Gasteiger partial charge on any atom is 0.119 e. The Hall–Kier alpha value is -1.87. The predicted molar refractivity (Wildman–Crippen MR) is 98.3 cm³/mol. The van der Waals surface area contributed by atoms with E-state index in [1.165, 1.54) is 16.7 Å². The molecule has 1 atom stereocenters. The second-order valence-corrected chi connectivity index (χ2v) is 6.31. The highest BCUT2D eigenvalue weighted by atomic mass is 19.1. The minimum Gasteiger partial charge on any atom is -0.494 e. The van der Waals surface area contributed by atoms with Crippen molar-refractivity contribution in [2.45, 2.75) is 39.3 Å². The van der Waals surface area contributed by atoms with Crippen LogP contribution in [0.1, 0.15) is 30.0 Å². The van der Waals surface area contributed by atoms with Crippen LogP contribution in [-0.4, -0.2) is 31.3 Å². The molecule has 0 N–H and O–H groups in total. The fraction of sp³-hybridized carbons (Fsp3) is 0.429. The molecule has 3 rings (SSSR count). The Kier molecular flexibility index (Phi) is 7.26. The van der Waals surface area contributed by atoms with E-state index in [2.05, 4.69) is 67.3 Å². The number of hydrogen-bond donors (Lipinski definition) is 0. The Balaban J connectivity index is 0.00000100. The van der Waals surface area contributed by atoms with E-state index in [4.69, 9.17) is 4.74 Å². The highest BCUT2D eigenvalue weighted by molar-refractivity contribution is 5.30. The van der Waals surface area contributed by atoms with Crippen LogP contribution >= 0.6 is 0 Å². The normalized spacial score (nSPS) is 16.8. The van der Waals surface area contributed by atoms with Crippen molar-refractivity contribution in [3.05, 3.63) is 65.2 Å².